The quantitative estimate of drug-likeness (QED) is 0.343. The lowest BCUT2D eigenvalue weighted by Gasteiger charge is -2.36. The number of H-pyrrole nitrogens is 1. The number of carbonyl (C=O) groups is 2. The van der Waals surface area contributed by atoms with Crippen LogP contribution in [-0.4, -0.2) is 34.7 Å². The minimum atomic E-state index is -0.656. The Morgan fingerprint density at radius 2 is 1.92 bits per heavy atom. The van der Waals surface area contributed by atoms with Crippen LogP contribution in [0.25, 0.3) is 10.9 Å². The van der Waals surface area contributed by atoms with Crippen molar-refractivity contribution in [2.75, 3.05) is 16.8 Å². The zero-order chi connectivity index (χ0) is 24.7. The number of aromatic amines is 1. The van der Waals surface area contributed by atoms with Crippen molar-refractivity contribution in [2.45, 2.75) is 37.2 Å². The van der Waals surface area contributed by atoms with E-state index in [0.29, 0.717) is 18.5 Å². The molecule has 0 atom stereocenters. The summed E-state index contributed by atoms with van der Waals surface area (Å²) >= 11 is 3.70. The highest BCUT2D eigenvalue weighted by atomic mass is 79.9. The smallest absolute Gasteiger partial charge is 0.244 e. The van der Waals surface area contributed by atoms with E-state index in [1.165, 1.54) is 0 Å². The van der Waals surface area contributed by atoms with Crippen molar-refractivity contribution in [3.63, 3.8) is 0 Å². The molecule has 0 bridgehead atoms. The van der Waals surface area contributed by atoms with E-state index in [1.54, 1.807) is 11.1 Å². The van der Waals surface area contributed by atoms with E-state index in [-0.39, 0.29) is 24.5 Å². The maximum Gasteiger partial charge on any atom is 0.244 e. The topological polar surface area (TPSA) is 87.3 Å². The molecule has 1 saturated carbocycles. The summed E-state index contributed by atoms with van der Waals surface area (Å²) < 4.78 is 7.21. The third-order valence-corrected chi connectivity index (χ3v) is 7.94. The molecule has 1 spiro atoms. The van der Waals surface area contributed by atoms with Gasteiger partial charge >= 0.3 is 0 Å². The van der Waals surface area contributed by atoms with E-state index in [2.05, 4.69) is 31.4 Å². The van der Waals surface area contributed by atoms with E-state index in [0.717, 1.165) is 45.2 Å². The number of amides is 2. The Hall–Kier alpha value is -3.65. The molecule has 2 aliphatic rings. The minimum Gasteiger partial charge on any atom is -0.490 e. The maximum absolute atomic E-state index is 13.9. The number of carbonyl (C=O) groups excluding carboxylic acids is 2. The van der Waals surface area contributed by atoms with Gasteiger partial charge in [0.1, 0.15) is 12.3 Å². The van der Waals surface area contributed by atoms with Crippen LogP contribution in [0.4, 0.5) is 11.4 Å². The molecule has 0 radical (unpaired) electrons. The molecule has 182 valence electrons. The SMILES string of the molecule is O=C(CN1C(=O)C2(CCC(Oc3ccc4[nH]ncc4c3)CC2)c2c(Br)cccc21)Nc1ccccc1. The van der Waals surface area contributed by atoms with Crippen LogP contribution < -0.4 is 15.0 Å². The maximum atomic E-state index is 13.9. The lowest BCUT2D eigenvalue weighted by molar-refractivity contribution is -0.126. The second-order valence-corrected chi connectivity index (χ2v) is 10.3. The fourth-order valence-corrected chi connectivity index (χ4v) is 6.30. The summed E-state index contributed by atoms with van der Waals surface area (Å²) in [5.74, 6) is 0.582. The van der Waals surface area contributed by atoms with Gasteiger partial charge < -0.3 is 15.0 Å². The fraction of sp³-hybridized carbons (Fsp3) is 0.250. The number of rotatable bonds is 5. The summed E-state index contributed by atoms with van der Waals surface area (Å²) in [4.78, 5) is 28.4. The van der Waals surface area contributed by atoms with Gasteiger partial charge in [0.25, 0.3) is 0 Å². The molecule has 2 N–H and O–H groups in total. The first-order chi connectivity index (χ1) is 17.5. The summed E-state index contributed by atoms with van der Waals surface area (Å²) in [6, 6.07) is 21.0. The van der Waals surface area contributed by atoms with Crippen LogP contribution in [0.2, 0.25) is 0 Å². The van der Waals surface area contributed by atoms with Crippen LogP contribution in [-0.2, 0) is 15.0 Å². The van der Waals surface area contributed by atoms with Crippen LogP contribution >= 0.6 is 15.9 Å². The summed E-state index contributed by atoms with van der Waals surface area (Å²) in [5, 5.41) is 10.9. The molecular weight excluding hydrogens is 520 g/mol. The Bertz CT molecular complexity index is 1440. The van der Waals surface area contributed by atoms with Gasteiger partial charge in [-0.3, -0.25) is 14.7 Å². The Kier molecular flexibility index (Phi) is 5.76. The number of benzene rings is 3. The average Bonchev–Trinajstić information content (AvgIpc) is 3.44. The molecule has 1 aliphatic carbocycles. The molecule has 8 heteroatoms. The first kappa shape index (κ1) is 22.8. The number of hydrogen-bond donors (Lipinski definition) is 2. The molecule has 1 aliphatic heterocycles. The van der Waals surface area contributed by atoms with Crippen LogP contribution in [0.1, 0.15) is 31.2 Å². The third kappa shape index (κ3) is 3.95. The van der Waals surface area contributed by atoms with Crippen molar-refractivity contribution < 1.29 is 14.3 Å². The Morgan fingerprint density at radius 1 is 1.11 bits per heavy atom. The predicted molar refractivity (Wildman–Crippen MR) is 142 cm³/mol. The predicted octanol–water partition coefficient (Wildman–Crippen LogP) is 5.57. The highest BCUT2D eigenvalue weighted by molar-refractivity contribution is 9.10. The largest absolute Gasteiger partial charge is 0.490 e. The van der Waals surface area contributed by atoms with Gasteiger partial charge in [-0.25, -0.2) is 0 Å². The van der Waals surface area contributed by atoms with E-state index in [4.69, 9.17) is 4.74 Å². The number of nitrogens with zero attached hydrogens (tertiary/aromatic N) is 2. The standard InChI is InChI=1S/C28H25BrN4O3/c29-22-7-4-8-24-26(22)28(27(35)33(24)17-25(34)31-19-5-2-1-3-6-19)13-11-20(12-14-28)36-21-9-10-23-18(15-21)16-30-32-23/h1-10,15-16,20H,11-14,17H2,(H,30,32)(H,31,34). The number of ether oxygens (including phenoxy) is 1. The third-order valence-electron chi connectivity index (χ3n) is 7.28. The first-order valence-electron chi connectivity index (χ1n) is 12.1. The number of para-hydroxylation sites is 1. The van der Waals surface area contributed by atoms with Crippen molar-refractivity contribution in [3.8, 4) is 5.75 Å². The molecule has 1 fully saturated rings. The monoisotopic (exact) mass is 544 g/mol. The molecule has 0 unspecified atom stereocenters. The zero-order valence-corrected chi connectivity index (χ0v) is 21.1. The molecule has 1 aromatic heterocycles. The molecule has 7 nitrogen and oxygen atoms in total. The summed E-state index contributed by atoms with van der Waals surface area (Å²) in [6.07, 6.45) is 4.63. The van der Waals surface area contributed by atoms with Crippen LogP contribution in [0.3, 0.4) is 0 Å². The summed E-state index contributed by atoms with van der Waals surface area (Å²) in [6.45, 7) is -0.0242. The van der Waals surface area contributed by atoms with E-state index in [9.17, 15) is 9.59 Å². The first-order valence-corrected chi connectivity index (χ1v) is 12.9. The highest BCUT2D eigenvalue weighted by Crippen LogP contribution is 2.53. The Morgan fingerprint density at radius 3 is 2.72 bits per heavy atom. The zero-order valence-electron chi connectivity index (χ0n) is 19.5. The molecule has 3 aromatic carbocycles. The van der Waals surface area contributed by atoms with Crippen LogP contribution in [0, 0.1) is 0 Å². The molecule has 2 amide bonds. The second kappa shape index (κ2) is 9.09. The van der Waals surface area contributed by atoms with Gasteiger partial charge in [0, 0.05) is 26.8 Å². The average molecular weight is 545 g/mol. The Balaban J connectivity index is 1.21. The minimum absolute atomic E-state index is 0.00845. The van der Waals surface area contributed by atoms with Crippen molar-refractivity contribution in [1.82, 2.24) is 10.2 Å². The van der Waals surface area contributed by atoms with Gasteiger partial charge in [-0.2, -0.15) is 5.10 Å². The van der Waals surface area contributed by atoms with Gasteiger partial charge in [0.05, 0.1) is 23.2 Å². The molecule has 6 rings (SSSR count). The summed E-state index contributed by atoms with van der Waals surface area (Å²) in [7, 11) is 0. The number of aromatic nitrogens is 2. The second-order valence-electron chi connectivity index (χ2n) is 9.46. The van der Waals surface area contributed by atoms with Crippen LogP contribution in [0.15, 0.2) is 77.4 Å². The number of anilines is 2. The van der Waals surface area contributed by atoms with Crippen molar-refractivity contribution in [3.05, 3.63) is 83.0 Å². The number of fused-ring (bicyclic) bond motifs is 3. The molecule has 4 aromatic rings. The molecule has 2 heterocycles. The van der Waals surface area contributed by atoms with Crippen molar-refractivity contribution in [1.29, 1.82) is 0 Å². The lowest BCUT2D eigenvalue weighted by atomic mass is 9.69. The van der Waals surface area contributed by atoms with Gasteiger partial charge in [-0.05, 0) is 68.1 Å². The van der Waals surface area contributed by atoms with Gasteiger partial charge in [-0.1, -0.05) is 40.2 Å². The normalized spacial score (nSPS) is 21.1. The van der Waals surface area contributed by atoms with Crippen molar-refractivity contribution >= 4 is 50.0 Å². The van der Waals surface area contributed by atoms with Gasteiger partial charge in [0.2, 0.25) is 11.8 Å². The highest BCUT2D eigenvalue weighted by Gasteiger charge is 2.53. The van der Waals surface area contributed by atoms with Gasteiger partial charge in [-0.15, -0.1) is 0 Å². The fourth-order valence-electron chi connectivity index (χ4n) is 5.56. The van der Waals surface area contributed by atoms with Crippen molar-refractivity contribution in [2.24, 2.45) is 0 Å². The number of hydrogen-bond acceptors (Lipinski definition) is 4. The number of nitrogens with one attached hydrogen (secondary N) is 2. The van der Waals surface area contributed by atoms with Crippen LogP contribution in [0.5, 0.6) is 5.75 Å². The van der Waals surface area contributed by atoms with E-state index >= 15 is 0 Å². The van der Waals surface area contributed by atoms with Gasteiger partial charge in [0.15, 0.2) is 0 Å². The Labute approximate surface area is 217 Å². The van der Waals surface area contributed by atoms with E-state index < -0.39 is 5.41 Å². The molecular formula is C28H25BrN4O3. The van der Waals surface area contributed by atoms with E-state index in [1.807, 2.05) is 66.7 Å². The molecule has 36 heavy (non-hydrogen) atoms. The lowest BCUT2D eigenvalue weighted by Crippen LogP contribution is -2.46. The molecule has 0 saturated heterocycles. The summed E-state index contributed by atoms with van der Waals surface area (Å²) in [5.41, 5.74) is 2.82. The number of halogens is 1.